The summed E-state index contributed by atoms with van der Waals surface area (Å²) in [5.74, 6) is 0.937. The number of ketones is 1. The molecule has 1 atom stereocenters. The first-order chi connectivity index (χ1) is 10.1. The minimum atomic E-state index is 0.114. The second-order valence-electron chi connectivity index (χ2n) is 5.78. The Bertz CT molecular complexity index is 488. The van der Waals surface area contributed by atoms with Crippen LogP contribution in [0.2, 0.25) is 0 Å². The van der Waals surface area contributed by atoms with E-state index in [2.05, 4.69) is 15.5 Å². The molecule has 1 aliphatic heterocycles. The lowest BCUT2D eigenvalue weighted by molar-refractivity contribution is 0.0991. The average Bonchev–Trinajstić information content (AvgIpc) is 2.45. The average molecular weight is 291 g/mol. The van der Waals surface area contributed by atoms with Crippen molar-refractivity contribution in [3.05, 3.63) is 23.8 Å². The van der Waals surface area contributed by atoms with E-state index < -0.39 is 0 Å². The van der Waals surface area contributed by atoms with Gasteiger partial charge < -0.3 is 20.3 Å². The number of carbonyl (C=O) groups is 1. The molecular formula is C16H25N3O2. The summed E-state index contributed by atoms with van der Waals surface area (Å²) in [6, 6.07) is 5.59. The van der Waals surface area contributed by atoms with Crippen LogP contribution in [-0.2, 0) is 0 Å². The molecule has 0 spiro atoms. The van der Waals surface area contributed by atoms with Gasteiger partial charge in [0.1, 0.15) is 11.9 Å². The molecule has 5 nitrogen and oxygen atoms in total. The number of hydrogen-bond donors (Lipinski definition) is 2. The number of nitrogens with one attached hydrogen (secondary N) is 2. The van der Waals surface area contributed by atoms with E-state index in [1.54, 1.807) is 0 Å². The zero-order chi connectivity index (χ0) is 15.2. The van der Waals surface area contributed by atoms with Crippen molar-refractivity contribution < 1.29 is 9.53 Å². The lowest BCUT2D eigenvalue weighted by Gasteiger charge is -2.25. The Kier molecular flexibility index (Phi) is 5.59. The molecule has 2 N–H and O–H groups in total. The molecule has 0 fully saturated rings. The molecule has 116 valence electrons. The molecule has 2 rings (SSSR count). The van der Waals surface area contributed by atoms with Crippen LogP contribution in [0.3, 0.4) is 0 Å². The van der Waals surface area contributed by atoms with Crippen LogP contribution >= 0.6 is 0 Å². The molecular weight excluding hydrogens is 266 g/mol. The van der Waals surface area contributed by atoms with Gasteiger partial charge in [-0.25, -0.2) is 0 Å². The van der Waals surface area contributed by atoms with Crippen LogP contribution in [0.15, 0.2) is 18.2 Å². The highest BCUT2D eigenvalue weighted by Gasteiger charge is 2.17. The zero-order valence-electron chi connectivity index (χ0n) is 13.1. The van der Waals surface area contributed by atoms with E-state index in [9.17, 15) is 4.79 Å². The Morgan fingerprint density at radius 2 is 2.29 bits per heavy atom. The summed E-state index contributed by atoms with van der Waals surface area (Å²) in [5, 5.41) is 6.49. The second-order valence-corrected chi connectivity index (χ2v) is 5.78. The maximum Gasteiger partial charge on any atom is 0.176 e. The molecule has 0 bridgehead atoms. The maximum atomic E-state index is 12.2. The molecule has 21 heavy (non-hydrogen) atoms. The van der Waals surface area contributed by atoms with Crippen LogP contribution in [0, 0.1) is 0 Å². The molecule has 1 aliphatic rings. The lowest BCUT2D eigenvalue weighted by atomic mass is 10.1. The Balaban J connectivity index is 1.83. The van der Waals surface area contributed by atoms with Gasteiger partial charge in [0.15, 0.2) is 5.78 Å². The maximum absolute atomic E-state index is 12.2. The van der Waals surface area contributed by atoms with Gasteiger partial charge in [0.2, 0.25) is 0 Å². The number of benzene rings is 1. The zero-order valence-corrected chi connectivity index (χ0v) is 13.1. The lowest BCUT2D eigenvalue weighted by Crippen LogP contribution is -2.28. The van der Waals surface area contributed by atoms with Crippen molar-refractivity contribution in [2.45, 2.75) is 19.4 Å². The Morgan fingerprint density at radius 1 is 1.48 bits per heavy atom. The largest absolute Gasteiger partial charge is 0.487 e. The fraction of sp³-hybridized carbons (Fsp3) is 0.562. The molecule has 0 saturated carbocycles. The van der Waals surface area contributed by atoms with Crippen LogP contribution in [0.4, 0.5) is 5.69 Å². The number of Topliss-reactive ketones (excluding diaryl/α,β-unsaturated/α-hetero) is 1. The molecule has 0 saturated heterocycles. The van der Waals surface area contributed by atoms with Gasteiger partial charge in [-0.2, -0.15) is 0 Å². The van der Waals surface area contributed by atoms with Gasteiger partial charge in [0, 0.05) is 5.56 Å². The van der Waals surface area contributed by atoms with E-state index in [-0.39, 0.29) is 11.9 Å². The summed E-state index contributed by atoms with van der Waals surface area (Å²) in [5.41, 5.74) is 1.63. The number of nitrogens with zero attached hydrogens (tertiary/aromatic N) is 1. The molecule has 1 heterocycles. The second kappa shape index (κ2) is 7.43. The molecule has 0 radical (unpaired) electrons. The van der Waals surface area contributed by atoms with Crippen molar-refractivity contribution in [3.63, 3.8) is 0 Å². The Labute approximate surface area is 126 Å². The van der Waals surface area contributed by atoms with Crippen molar-refractivity contribution in [2.75, 3.05) is 45.6 Å². The molecule has 1 aromatic rings. The first-order valence-corrected chi connectivity index (χ1v) is 7.49. The topological polar surface area (TPSA) is 53.6 Å². The van der Waals surface area contributed by atoms with Crippen molar-refractivity contribution in [2.24, 2.45) is 0 Å². The van der Waals surface area contributed by atoms with Crippen molar-refractivity contribution in [1.82, 2.24) is 10.2 Å². The highest BCUT2D eigenvalue weighted by molar-refractivity contribution is 5.98. The van der Waals surface area contributed by atoms with Crippen molar-refractivity contribution >= 4 is 11.5 Å². The molecule has 5 heteroatoms. The smallest absolute Gasteiger partial charge is 0.176 e. The summed E-state index contributed by atoms with van der Waals surface area (Å²) < 4.78 is 5.71. The Morgan fingerprint density at radius 3 is 3.05 bits per heavy atom. The van der Waals surface area contributed by atoms with E-state index in [0.29, 0.717) is 6.54 Å². The molecule has 1 aromatic carbocycles. The van der Waals surface area contributed by atoms with Crippen LogP contribution in [0.1, 0.15) is 23.7 Å². The first kappa shape index (κ1) is 15.8. The monoisotopic (exact) mass is 291 g/mol. The quantitative estimate of drug-likeness (QED) is 0.590. The number of anilines is 1. The molecule has 1 unspecified atom stereocenters. The number of carbonyl (C=O) groups excluding carboxylic acids is 1. The fourth-order valence-corrected chi connectivity index (χ4v) is 2.28. The van der Waals surface area contributed by atoms with Gasteiger partial charge in [0.05, 0.1) is 18.8 Å². The highest BCUT2D eigenvalue weighted by Crippen LogP contribution is 2.29. The fourth-order valence-electron chi connectivity index (χ4n) is 2.28. The third-order valence-electron chi connectivity index (χ3n) is 3.45. The standard InChI is InChI=1S/C16H25N3O2/c1-12-10-18-14-9-13(5-6-16(14)21-12)15(20)11-17-7-4-8-19(2)3/h5-6,9,12,17-18H,4,7-8,10-11H2,1-3H3. The van der Waals surface area contributed by atoms with E-state index in [4.69, 9.17) is 4.74 Å². The third kappa shape index (κ3) is 4.72. The number of rotatable bonds is 7. The SMILES string of the molecule is CC1CNc2cc(C(=O)CNCCCN(C)C)ccc2O1. The van der Waals surface area contributed by atoms with Gasteiger partial charge in [-0.3, -0.25) is 4.79 Å². The minimum Gasteiger partial charge on any atom is -0.487 e. The van der Waals surface area contributed by atoms with Crippen LogP contribution in [0.25, 0.3) is 0 Å². The first-order valence-electron chi connectivity index (χ1n) is 7.49. The third-order valence-corrected chi connectivity index (χ3v) is 3.45. The predicted molar refractivity (Wildman–Crippen MR) is 85.4 cm³/mol. The van der Waals surface area contributed by atoms with Crippen LogP contribution < -0.4 is 15.4 Å². The van der Waals surface area contributed by atoms with E-state index in [0.717, 1.165) is 43.1 Å². The van der Waals surface area contributed by atoms with E-state index in [1.165, 1.54) is 0 Å². The molecule has 0 aromatic heterocycles. The van der Waals surface area contributed by atoms with Gasteiger partial charge in [-0.15, -0.1) is 0 Å². The Hall–Kier alpha value is -1.59. The van der Waals surface area contributed by atoms with Crippen LogP contribution in [0.5, 0.6) is 5.75 Å². The number of ether oxygens (including phenoxy) is 1. The van der Waals surface area contributed by atoms with Gasteiger partial charge in [0.25, 0.3) is 0 Å². The highest BCUT2D eigenvalue weighted by atomic mass is 16.5. The predicted octanol–water partition coefficient (Wildman–Crippen LogP) is 1.60. The normalized spacial score (nSPS) is 17.0. The van der Waals surface area contributed by atoms with E-state index >= 15 is 0 Å². The summed E-state index contributed by atoms with van der Waals surface area (Å²) in [7, 11) is 4.10. The molecule has 0 aliphatic carbocycles. The summed E-state index contributed by atoms with van der Waals surface area (Å²) in [6.45, 7) is 5.05. The van der Waals surface area contributed by atoms with Crippen LogP contribution in [-0.4, -0.2) is 57.1 Å². The van der Waals surface area contributed by atoms with Gasteiger partial charge >= 0.3 is 0 Å². The van der Waals surface area contributed by atoms with E-state index in [1.807, 2.05) is 39.2 Å². The van der Waals surface area contributed by atoms with Crippen molar-refractivity contribution in [1.29, 1.82) is 0 Å². The molecule has 0 amide bonds. The summed E-state index contributed by atoms with van der Waals surface area (Å²) >= 11 is 0. The van der Waals surface area contributed by atoms with Gasteiger partial charge in [-0.05, 0) is 58.7 Å². The number of fused-ring (bicyclic) bond motifs is 1. The summed E-state index contributed by atoms with van der Waals surface area (Å²) in [4.78, 5) is 14.3. The number of hydrogen-bond acceptors (Lipinski definition) is 5. The summed E-state index contributed by atoms with van der Waals surface area (Å²) in [6.07, 6.45) is 1.20. The van der Waals surface area contributed by atoms with Gasteiger partial charge in [-0.1, -0.05) is 0 Å². The minimum absolute atomic E-state index is 0.114. The van der Waals surface area contributed by atoms with Crippen molar-refractivity contribution in [3.8, 4) is 5.75 Å².